The molecule has 1 N–H and O–H groups in total. The van der Waals surface area contributed by atoms with Crippen molar-refractivity contribution in [1.82, 2.24) is 9.80 Å². The molecule has 0 saturated carbocycles. The molecule has 140 valence electrons. The number of hydrogen-bond donors (Lipinski definition) is 1. The maximum Gasteiger partial charge on any atom is 0.0446 e. The average molecular weight is 353 g/mol. The molecule has 0 aliphatic carbocycles. The smallest absolute Gasteiger partial charge is 0.0446 e. The van der Waals surface area contributed by atoms with Gasteiger partial charge in [0.05, 0.1) is 0 Å². The highest BCUT2D eigenvalue weighted by Gasteiger charge is 2.26. The molecule has 2 aromatic rings. The number of aryl methyl sites for hydroxylation is 2. The van der Waals surface area contributed by atoms with E-state index < -0.39 is 0 Å². The van der Waals surface area contributed by atoms with Crippen molar-refractivity contribution in [3.63, 3.8) is 0 Å². The fraction of sp³-hybridized carbons (Fsp3) is 0.478. The maximum atomic E-state index is 9.52. The van der Waals surface area contributed by atoms with Gasteiger partial charge >= 0.3 is 0 Å². The average Bonchev–Trinajstić information content (AvgIpc) is 2.66. The van der Waals surface area contributed by atoms with E-state index in [4.69, 9.17) is 0 Å². The molecular formula is C23H32N2O. The van der Waals surface area contributed by atoms with E-state index >= 15 is 0 Å². The summed E-state index contributed by atoms with van der Waals surface area (Å²) < 4.78 is 0. The molecule has 3 nitrogen and oxygen atoms in total. The summed E-state index contributed by atoms with van der Waals surface area (Å²) in [5.74, 6) is 0. The largest absolute Gasteiger partial charge is 0.396 e. The van der Waals surface area contributed by atoms with Gasteiger partial charge in [-0.25, -0.2) is 0 Å². The Morgan fingerprint density at radius 2 is 1.77 bits per heavy atom. The quantitative estimate of drug-likeness (QED) is 0.788. The van der Waals surface area contributed by atoms with Crippen LogP contribution in [0.25, 0.3) is 0 Å². The highest BCUT2D eigenvalue weighted by atomic mass is 16.3. The number of piperazine rings is 1. The van der Waals surface area contributed by atoms with Gasteiger partial charge in [0.1, 0.15) is 0 Å². The van der Waals surface area contributed by atoms with Crippen molar-refractivity contribution < 1.29 is 5.11 Å². The maximum absolute atomic E-state index is 9.52. The normalized spacial score (nSPS) is 18.9. The summed E-state index contributed by atoms with van der Waals surface area (Å²) in [7, 11) is 0. The van der Waals surface area contributed by atoms with Gasteiger partial charge in [0.15, 0.2) is 0 Å². The topological polar surface area (TPSA) is 26.7 Å². The van der Waals surface area contributed by atoms with E-state index in [0.29, 0.717) is 6.04 Å². The molecular weight excluding hydrogens is 320 g/mol. The van der Waals surface area contributed by atoms with Crippen molar-refractivity contribution in [1.29, 1.82) is 0 Å². The van der Waals surface area contributed by atoms with Gasteiger partial charge in [-0.05, 0) is 49.4 Å². The SMILES string of the molecule is Cc1ccccc1CN1CCN(CCCc2ccccc2)C[C@H]1CCO. The monoisotopic (exact) mass is 352 g/mol. The molecule has 1 aliphatic rings. The van der Waals surface area contributed by atoms with Crippen LogP contribution < -0.4 is 0 Å². The van der Waals surface area contributed by atoms with Crippen LogP contribution in [0.4, 0.5) is 0 Å². The lowest BCUT2D eigenvalue weighted by molar-refractivity contribution is 0.0532. The van der Waals surface area contributed by atoms with Crippen molar-refractivity contribution in [2.24, 2.45) is 0 Å². The molecule has 0 radical (unpaired) electrons. The summed E-state index contributed by atoms with van der Waals surface area (Å²) in [5, 5.41) is 9.52. The third-order valence-electron chi connectivity index (χ3n) is 5.57. The summed E-state index contributed by atoms with van der Waals surface area (Å²) in [4.78, 5) is 5.14. The van der Waals surface area contributed by atoms with Gasteiger partial charge in [0, 0.05) is 38.8 Å². The summed E-state index contributed by atoms with van der Waals surface area (Å²) in [5.41, 5.74) is 4.20. The second kappa shape index (κ2) is 9.86. The van der Waals surface area contributed by atoms with Gasteiger partial charge < -0.3 is 10.0 Å². The fourth-order valence-corrected chi connectivity index (χ4v) is 3.95. The Balaban J connectivity index is 1.51. The van der Waals surface area contributed by atoms with Crippen molar-refractivity contribution in [2.45, 2.75) is 38.8 Å². The van der Waals surface area contributed by atoms with Crippen LogP contribution in [0.3, 0.4) is 0 Å². The molecule has 1 heterocycles. The van der Waals surface area contributed by atoms with Crippen LogP contribution in [0.1, 0.15) is 29.5 Å². The minimum atomic E-state index is 0.271. The number of aliphatic hydroxyl groups excluding tert-OH is 1. The van der Waals surface area contributed by atoms with E-state index in [9.17, 15) is 5.11 Å². The van der Waals surface area contributed by atoms with E-state index in [1.165, 1.54) is 23.1 Å². The van der Waals surface area contributed by atoms with Crippen molar-refractivity contribution in [3.05, 3.63) is 71.3 Å². The Morgan fingerprint density at radius 1 is 1.00 bits per heavy atom. The Labute approximate surface area is 158 Å². The summed E-state index contributed by atoms with van der Waals surface area (Å²) >= 11 is 0. The van der Waals surface area contributed by atoms with Crippen LogP contribution in [0, 0.1) is 6.92 Å². The zero-order valence-corrected chi connectivity index (χ0v) is 16.0. The molecule has 26 heavy (non-hydrogen) atoms. The van der Waals surface area contributed by atoms with E-state index in [1.54, 1.807) is 0 Å². The van der Waals surface area contributed by atoms with Crippen molar-refractivity contribution >= 4 is 0 Å². The third-order valence-corrected chi connectivity index (χ3v) is 5.57. The minimum Gasteiger partial charge on any atom is -0.396 e. The van der Waals surface area contributed by atoms with Crippen LogP contribution in [-0.2, 0) is 13.0 Å². The first-order chi connectivity index (χ1) is 12.8. The number of nitrogens with zero attached hydrogens (tertiary/aromatic N) is 2. The van der Waals surface area contributed by atoms with Crippen molar-refractivity contribution in [3.8, 4) is 0 Å². The van der Waals surface area contributed by atoms with E-state index in [-0.39, 0.29) is 6.61 Å². The minimum absolute atomic E-state index is 0.271. The van der Waals surface area contributed by atoms with Crippen LogP contribution >= 0.6 is 0 Å². The number of benzene rings is 2. The molecule has 0 amide bonds. The predicted octanol–water partition coefficient (Wildman–Crippen LogP) is 3.50. The standard InChI is InChI=1S/C23H32N2O/c1-20-8-5-6-12-22(20)18-25-16-15-24(19-23(25)13-17-26)14-7-11-21-9-3-2-4-10-21/h2-6,8-10,12,23,26H,7,11,13-19H2,1H3/t23-/m1/s1. The Kier molecular flexibility index (Phi) is 7.24. The lowest BCUT2D eigenvalue weighted by Gasteiger charge is -2.41. The second-order valence-electron chi connectivity index (χ2n) is 7.45. The van der Waals surface area contributed by atoms with Crippen LogP contribution in [0.5, 0.6) is 0 Å². The second-order valence-corrected chi connectivity index (χ2v) is 7.45. The molecule has 1 fully saturated rings. The number of hydrogen-bond acceptors (Lipinski definition) is 3. The zero-order chi connectivity index (χ0) is 18.2. The molecule has 3 rings (SSSR count). The summed E-state index contributed by atoms with van der Waals surface area (Å²) in [6.07, 6.45) is 3.21. The van der Waals surface area contributed by atoms with Crippen molar-refractivity contribution in [2.75, 3.05) is 32.8 Å². The van der Waals surface area contributed by atoms with Gasteiger partial charge in [-0.1, -0.05) is 54.6 Å². The Morgan fingerprint density at radius 3 is 2.54 bits per heavy atom. The van der Waals surface area contributed by atoms with Crippen LogP contribution in [-0.4, -0.2) is 53.7 Å². The summed E-state index contributed by atoms with van der Waals surface area (Å²) in [6.45, 7) is 7.89. The third kappa shape index (κ3) is 5.41. The van der Waals surface area contributed by atoms with E-state index in [0.717, 1.165) is 45.6 Å². The molecule has 3 heteroatoms. The zero-order valence-electron chi connectivity index (χ0n) is 16.0. The number of rotatable bonds is 8. The molecule has 1 atom stereocenters. The first-order valence-electron chi connectivity index (χ1n) is 9.92. The first kappa shape index (κ1) is 19.1. The van der Waals surface area contributed by atoms with Gasteiger partial charge in [-0.15, -0.1) is 0 Å². The fourth-order valence-electron chi connectivity index (χ4n) is 3.95. The highest BCUT2D eigenvalue weighted by molar-refractivity contribution is 5.25. The molecule has 2 aromatic carbocycles. The first-order valence-corrected chi connectivity index (χ1v) is 9.92. The highest BCUT2D eigenvalue weighted by Crippen LogP contribution is 2.19. The van der Waals surface area contributed by atoms with Gasteiger partial charge in [0.2, 0.25) is 0 Å². The lowest BCUT2D eigenvalue weighted by Crippen LogP contribution is -2.53. The van der Waals surface area contributed by atoms with E-state index in [2.05, 4.69) is 71.3 Å². The lowest BCUT2D eigenvalue weighted by atomic mass is 10.0. The molecule has 1 saturated heterocycles. The molecule has 0 unspecified atom stereocenters. The molecule has 1 aliphatic heterocycles. The molecule has 0 aromatic heterocycles. The van der Waals surface area contributed by atoms with Crippen LogP contribution in [0.2, 0.25) is 0 Å². The van der Waals surface area contributed by atoms with Gasteiger partial charge in [-0.3, -0.25) is 4.90 Å². The Bertz CT molecular complexity index is 658. The summed E-state index contributed by atoms with van der Waals surface area (Å²) in [6, 6.07) is 19.9. The molecule has 0 spiro atoms. The predicted molar refractivity (Wildman–Crippen MR) is 108 cm³/mol. The van der Waals surface area contributed by atoms with Gasteiger partial charge in [-0.2, -0.15) is 0 Å². The molecule has 0 bridgehead atoms. The van der Waals surface area contributed by atoms with Crippen LogP contribution in [0.15, 0.2) is 54.6 Å². The number of aliphatic hydroxyl groups is 1. The van der Waals surface area contributed by atoms with E-state index in [1.807, 2.05) is 0 Å². The Hall–Kier alpha value is -1.68. The van der Waals surface area contributed by atoms with Gasteiger partial charge in [0.25, 0.3) is 0 Å².